The summed E-state index contributed by atoms with van der Waals surface area (Å²) in [6.07, 6.45) is 4.31. The highest BCUT2D eigenvalue weighted by Crippen LogP contribution is 2.23. The molecule has 18 heavy (non-hydrogen) atoms. The Morgan fingerprint density at radius 1 is 1.17 bits per heavy atom. The summed E-state index contributed by atoms with van der Waals surface area (Å²) >= 11 is 6.26. The predicted octanol–water partition coefficient (Wildman–Crippen LogP) is 3.58. The zero-order chi connectivity index (χ0) is 13.1. The Balaban J connectivity index is 2.06. The molecule has 1 aliphatic rings. The number of halogens is 1. The summed E-state index contributed by atoms with van der Waals surface area (Å²) in [6, 6.07) is 6.04. The van der Waals surface area contributed by atoms with E-state index in [-0.39, 0.29) is 17.3 Å². The highest BCUT2D eigenvalue weighted by atomic mass is 35.5. The van der Waals surface area contributed by atoms with E-state index in [4.69, 9.17) is 11.6 Å². The fourth-order valence-electron chi connectivity index (χ4n) is 2.61. The molecule has 2 atom stereocenters. The summed E-state index contributed by atoms with van der Waals surface area (Å²) in [6.45, 7) is 4.02. The standard InChI is InChI=1S/C15H20ClNO/c1-10-7-11(2)9-12(8-10)15(18)17-14-6-4-3-5-13(14)16/h7-9,13-14H,3-6H2,1-2H3,(H,17,18). The van der Waals surface area contributed by atoms with Gasteiger partial charge in [0.2, 0.25) is 0 Å². The quantitative estimate of drug-likeness (QED) is 0.814. The lowest BCUT2D eigenvalue weighted by Gasteiger charge is -2.27. The minimum atomic E-state index is -0.000602. The normalized spacial score (nSPS) is 23.7. The van der Waals surface area contributed by atoms with Crippen molar-refractivity contribution in [2.24, 2.45) is 0 Å². The number of nitrogens with one attached hydrogen (secondary N) is 1. The maximum Gasteiger partial charge on any atom is 0.251 e. The van der Waals surface area contributed by atoms with Crippen molar-refractivity contribution in [3.63, 3.8) is 0 Å². The van der Waals surface area contributed by atoms with E-state index < -0.39 is 0 Å². The van der Waals surface area contributed by atoms with E-state index in [9.17, 15) is 4.79 Å². The Labute approximate surface area is 114 Å². The predicted molar refractivity (Wildman–Crippen MR) is 75.3 cm³/mol. The number of amides is 1. The molecule has 98 valence electrons. The average Bonchev–Trinajstić information content (AvgIpc) is 2.31. The largest absolute Gasteiger partial charge is 0.348 e. The zero-order valence-corrected chi connectivity index (χ0v) is 11.8. The van der Waals surface area contributed by atoms with Crippen LogP contribution in [-0.2, 0) is 0 Å². The number of carbonyl (C=O) groups is 1. The molecule has 0 aliphatic heterocycles. The molecule has 1 fully saturated rings. The molecule has 1 amide bonds. The first-order chi connectivity index (χ1) is 8.56. The molecule has 0 aromatic heterocycles. The van der Waals surface area contributed by atoms with Gasteiger partial charge in [-0.3, -0.25) is 4.79 Å². The second-order valence-corrected chi connectivity index (χ2v) is 5.82. The van der Waals surface area contributed by atoms with Crippen molar-refractivity contribution in [1.82, 2.24) is 5.32 Å². The fraction of sp³-hybridized carbons (Fsp3) is 0.533. The van der Waals surface area contributed by atoms with Crippen LogP contribution in [0.3, 0.4) is 0 Å². The van der Waals surface area contributed by atoms with Gasteiger partial charge < -0.3 is 5.32 Å². The molecule has 3 heteroatoms. The van der Waals surface area contributed by atoms with Gasteiger partial charge >= 0.3 is 0 Å². The van der Waals surface area contributed by atoms with E-state index in [0.717, 1.165) is 36.0 Å². The number of carbonyl (C=O) groups excluding carboxylic acids is 1. The van der Waals surface area contributed by atoms with Gasteiger partial charge in [-0.15, -0.1) is 11.6 Å². The number of hydrogen-bond acceptors (Lipinski definition) is 1. The van der Waals surface area contributed by atoms with Gasteiger partial charge in [0, 0.05) is 11.6 Å². The van der Waals surface area contributed by atoms with Crippen LogP contribution in [0.25, 0.3) is 0 Å². The molecule has 0 spiro atoms. The number of aryl methyl sites for hydroxylation is 2. The molecule has 2 rings (SSSR count). The van der Waals surface area contributed by atoms with E-state index >= 15 is 0 Å². The van der Waals surface area contributed by atoms with Crippen LogP contribution in [0.2, 0.25) is 0 Å². The van der Waals surface area contributed by atoms with E-state index in [0.29, 0.717) is 0 Å². The van der Waals surface area contributed by atoms with Crippen molar-refractivity contribution >= 4 is 17.5 Å². The average molecular weight is 266 g/mol. The van der Waals surface area contributed by atoms with Gasteiger partial charge in [0.1, 0.15) is 0 Å². The second-order valence-electron chi connectivity index (χ2n) is 5.26. The number of hydrogen-bond donors (Lipinski definition) is 1. The van der Waals surface area contributed by atoms with Gasteiger partial charge in [-0.05, 0) is 38.8 Å². The van der Waals surface area contributed by atoms with E-state index in [1.54, 1.807) is 0 Å². The molecular formula is C15H20ClNO. The maximum atomic E-state index is 12.2. The minimum Gasteiger partial charge on any atom is -0.348 e. The molecule has 2 nitrogen and oxygen atoms in total. The monoisotopic (exact) mass is 265 g/mol. The lowest BCUT2D eigenvalue weighted by atomic mass is 9.94. The fourth-order valence-corrected chi connectivity index (χ4v) is 2.95. The van der Waals surface area contributed by atoms with Gasteiger partial charge in [0.15, 0.2) is 0 Å². The van der Waals surface area contributed by atoms with Crippen LogP contribution < -0.4 is 5.32 Å². The summed E-state index contributed by atoms with van der Waals surface area (Å²) in [5, 5.41) is 3.15. The molecule has 1 saturated carbocycles. The Bertz CT molecular complexity index is 424. The third-order valence-electron chi connectivity index (χ3n) is 3.48. The summed E-state index contributed by atoms with van der Waals surface area (Å²) in [7, 11) is 0. The van der Waals surface area contributed by atoms with E-state index in [1.165, 1.54) is 6.42 Å². The van der Waals surface area contributed by atoms with Gasteiger partial charge in [-0.25, -0.2) is 0 Å². The van der Waals surface area contributed by atoms with Crippen LogP contribution in [0.1, 0.15) is 47.2 Å². The smallest absolute Gasteiger partial charge is 0.251 e. The maximum absolute atomic E-state index is 12.2. The first-order valence-electron chi connectivity index (χ1n) is 6.59. The third kappa shape index (κ3) is 3.26. The lowest BCUT2D eigenvalue weighted by Crippen LogP contribution is -2.42. The van der Waals surface area contributed by atoms with Crippen molar-refractivity contribution in [2.75, 3.05) is 0 Å². The molecule has 0 heterocycles. The van der Waals surface area contributed by atoms with E-state index in [2.05, 4.69) is 11.4 Å². The molecule has 1 N–H and O–H groups in total. The highest BCUT2D eigenvalue weighted by molar-refractivity contribution is 6.21. The number of alkyl halides is 1. The summed E-state index contributed by atoms with van der Waals surface area (Å²) in [5.41, 5.74) is 2.97. The van der Waals surface area contributed by atoms with Gasteiger partial charge in [0.25, 0.3) is 5.91 Å². The second kappa shape index (κ2) is 5.75. The Morgan fingerprint density at radius 3 is 2.39 bits per heavy atom. The van der Waals surface area contributed by atoms with Crippen LogP contribution in [-0.4, -0.2) is 17.3 Å². The Morgan fingerprint density at radius 2 is 1.78 bits per heavy atom. The van der Waals surface area contributed by atoms with Gasteiger partial charge in [-0.1, -0.05) is 30.0 Å². The van der Waals surface area contributed by atoms with Gasteiger partial charge in [-0.2, -0.15) is 0 Å². The number of benzene rings is 1. The van der Waals surface area contributed by atoms with Crippen molar-refractivity contribution < 1.29 is 4.79 Å². The molecular weight excluding hydrogens is 246 g/mol. The zero-order valence-electron chi connectivity index (χ0n) is 11.0. The van der Waals surface area contributed by atoms with Gasteiger partial charge in [0.05, 0.1) is 5.38 Å². The topological polar surface area (TPSA) is 29.1 Å². The van der Waals surface area contributed by atoms with Crippen LogP contribution in [0.4, 0.5) is 0 Å². The molecule has 0 radical (unpaired) electrons. The lowest BCUT2D eigenvalue weighted by molar-refractivity contribution is 0.0928. The van der Waals surface area contributed by atoms with Crippen molar-refractivity contribution in [3.05, 3.63) is 34.9 Å². The summed E-state index contributed by atoms with van der Waals surface area (Å²) in [5.74, 6) is -0.000602. The van der Waals surface area contributed by atoms with E-state index in [1.807, 2.05) is 26.0 Å². The van der Waals surface area contributed by atoms with Crippen LogP contribution >= 0.6 is 11.6 Å². The van der Waals surface area contributed by atoms with Crippen LogP contribution in [0.15, 0.2) is 18.2 Å². The molecule has 0 bridgehead atoms. The van der Waals surface area contributed by atoms with Crippen LogP contribution in [0.5, 0.6) is 0 Å². The minimum absolute atomic E-state index is 0.000602. The van der Waals surface area contributed by atoms with Crippen molar-refractivity contribution in [1.29, 1.82) is 0 Å². The summed E-state index contributed by atoms with van der Waals surface area (Å²) in [4.78, 5) is 12.2. The SMILES string of the molecule is Cc1cc(C)cc(C(=O)NC2CCCCC2Cl)c1. The first kappa shape index (κ1) is 13.4. The molecule has 2 unspecified atom stereocenters. The first-order valence-corrected chi connectivity index (χ1v) is 7.03. The molecule has 1 aromatic rings. The summed E-state index contributed by atoms with van der Waals surface area (Å²) < 4.78 is 0. The Kier molecular flexibility index (Phi) is 4.28. The van der Waals surface area contributed by atoms with Crippen molar-refractivity contribution in [3.8, 4) is 0 Å². The molecule has 1 aromatic carbocycles. The van der Waals surface area contributed by atoms with Crippen LogP contribution in [0, 0.1) is 13.8 Å². The van der Waals surface area contributed by atoms with Crippen molar-refractivity contribution in [2.45, 2.75) is 50.9 Å². The number of rotatable bonds is 2. The molecule has 1 aliphatic carbocycles. The highest BCUT2D eigenvalue weighted by Gasteiger charge is 2.24. The molecule has 0 saturated heterocycles. The Hall–Kier alpha value is -1.02. The third-order valence-corrected chi connectivity index (χ3v) is 4.00.